The van der Waals surface area contributed by atoms with Crippen molar-refractivity contribution in [2.24, 2.45) is 0 Å². The number of hydrogen-bond acceptors (Lipinski definition) is 5. The zero-order valence-corrected chi connectivity index (χ0v) is 13.8. The van der Waals surface area contributed by atoms with Crippen LogP contribution in [0.25, 0.3) is 0 Å². The first-order valence-electron chi connectivity index (χ1n) is 6.82. The Morgan fingerprint density at radius 2 is 2.24 bits per heavy atom. The second-order valence-electron chi connectivity index (χ2n) is 4.53. The third-order valence-corrected chi connectivity index (χ3v) is 3.87. The summed E-state index contributed by atoms with van der Waals surface area (Å²) < 4.78 is 11.3. The van der Waals surface area contributed by atoms with E-state index in [-0.39, 0.29) is 0 Å². The fourth-order valence-corrected chi connectivity index (χ4v) is 2.66. The molecule has 2 aromatic rings. The highest BCUT2D eigenvalue weighted by atomic mass is 35.5. The van der Waals surface area contributed by atoms with Crippen molar-refractivity contribution < 1.29 is 9.47 Å². The predicted octanol–water partition coefficient (Wildman–Crippen LogP) is 3.88. The number of halogens is 1. The van der Waals surface area contributed by atoms with Gasteiger partial charge in [-0.05, 0) is 19.0 Å². The van der Waals surface area contributed by atoms with E-state index in [9.17, 15) is 0 Å². The second kappa shape index (κ2) is 8.22. The third-order valence-electron chi connectivity index (χ3n) is 2.90. The Balaban J connectivity index is 2.17. The molecule has 1 aromatic heterocycles. The summed E-state index contributed by atoms with van der Waals surface area (Å²) in [6.07, 6.45) is 2.89. The quantitative estimate of drug-likeness (QED) is 0.747. The minimum absolute atomic E-state index is 0.476. The zero-order chi connectivity index (χ0) is 15.1. The van der Waals surface area contributed by atoms with E-state index in [0.717, 1.165) is 29.2 Å². The van der Waals surface area contributed by atoms with Gasteiger partial charge in [-0.2, -0.15) is 0 Å². The Morgan fingerprint density at radius 1 is 1.38 bits per heavy atom. The lowest BCUT2D eigenvalue weighted by Gasteiger charge is -2.16. The van der Waals surface area contributed by atoms with Crippen LogP contribution in [-0.2, 0) is 13.2 Å². The van der Waals surface area contributed by atoms with Gasteiger partial charge in [0, 0.05) is 29.4 Å². The van der Waals surface area contributed by atoms with E-state index < -0.39 is 0 Å². The fourth-order valence-electron chi connectivity index (χ4n) is 1.93. The number of rotatable bonds is 8. The molecule has 6 heteroatoms. The van der Waals surface area contributed by atoms with Crippen LogP contribution in [0, 0.1) is 0 Å². The summed E-state index contributed by atoms with van der Waals surface area (Å²) in [5.74, 6) is 1.39. The van der Waals surface area contributed by atoms with Crippen molar-refractivity contribution in [2.45, 2.75) is 26.5 Å². The molecule has 2 rings (SSSR count). The molecule has 114 valence electrons. The number of nitrogens with one attached hydrogen (secondary N) is 1. The predicted molar refractivity (Wildman–Crippen MR) is 86.4 cm³/mol. The van der Waals surface area contributed by atoms with Gasteiger partial charge >= 0.3 is 0 Å². The van der Waals surface area contributed by atoms with Crippen LogP contribution in [0.2, 0.25) is 5.02 Å². The molecule has 0 saturated carbocycles. The van der Waals surface area contributed by atoms with Crippen LogP contribution in [0.1, 0.15) is 23.8 Å². The number of ether oxygens (including phenoxy) is 2. The molecule has 0 aliphatic carbocycles. The molecule has 0 unspecified atom stereocenters. The van der Waals surface area contributed by atoms with Crippen molar-refractivity contribution >= 4 is 22.9 Å². The normalized spacial score (nSPS) is 10.6. The molecule has 1 aromatic carbocycles. The number of thiazole rings is 1. The molecule has 1 N–H and O–H groups in total. The fraction of sp³-hybridized carbons (Fsp3) is 0.400. The van der Waals surface area contributed by atoms with E-state index in [4.69, 9.17) is 21.1 Å². The van der Waals surface area contributed by atoms with Gasteiger partial charge in [-0.15, -0.1) is 11.3 Å². The Labute approximate surface area is 134 Å². The topological polar surface area (TPSA) is 43.4 Å². The van der Waals surface area contributed by atoms with Crippen molar-refractivity contribution in [3.63, 3.8) is 0 Å². The van der Waals surface area contributed by atoms with Crippen LogP contribution in [0.3, 0.4) is 0 Å². The van der Waals surface area contributed by atoms with Gasteiger partial charge in [0.05, 0.1) is 17.5 Å². The van der Waals surface area contributed by atoms with Gasteiger partial charge < -0.3 is 14.8 Å². The Bertz CT molecular complexity index is 561. The maximum atomic E-state index is 6.14. The molecule has 21 heavy (non-hydrogen) atoms. The van der Waals surface area contributed by atoms with Gasteiger partial charge in [-0.25, -0.2) is 0 Å². The standard InChI is InChI=1S/C15H19ClN2O2S/c1-3-4-17-7-11-5-12(16)6-14(19-2)15(11)20-9-13-8-18-10-21-13/h5-6,8,10,17H,3-4,7,9H2,1-2H3. The average Bonchev–Trinajstić information content (AvgIpc) is 2.99. The largest absolute Gasteiger partial charge is 0.493 e. The van der Waals surface area contributed by atoms with Gasteiger partial charge in [0.1, 0.15) is 6.61 Å². The Morgan fingerprint density at radius 3 is 2.90 bits per heavy atom. The SMILES string of the molecule is CCCNCc1cc(Cl)cc(OC)c1OCc1cncs1. The first kappa shape index (κ1) is 16.1. The smallest absolute Gasteiger partial charge is 0.166 e. The average molecular weight is 327 g/mol. The van der Waals surface area contributed by atoms with Gasteiger partial charge in [0.25, 0.3) is 0 Å². The minimum atomic E-state index is 0.476. The lowest BCUT2D eigenvalue weighted by molar-refractivity contribution is 0.283. The van der Waals surface area contributed by atoms with Crippen LogP contribution in [0.15, 0.2) is 23.8 Å². The minimum Gasteiger partial charge on any atom is -0.493 e. The summed E-state index contributed by atoms with van der Waals surface area (Å²) in [6, 6.07) is 3.68. The van der Waals surface area contributed by atoms with Crippen molar-refractivity contribution in [3.8, 4) is 11.5 Å². The van der Waals surface area contributed by atoms with Crippen molar-refractivity contribution in [3.05, 3.63) is 39.3 Å². The molecule has 0 fully saturated rings. The molecule has 0 spiro atoms. The summed E-state index contributed by atoms with van der Waals surface area (Å²) >= 11 is 7.71. The summed E-state index contributed by atoms with van der Waals surface area (Å²) in [5.41, 5.74) is 2.79. The third kappa shape index (κ3) is 4.59. The van der Waals surface area contributed by atoms with E-state index in [2.05, 4.69) is 17.2 Å². The molecule has 4 nitrogen and oxygen atoms in total. The monoisotopic (exact) mass is 326 g/mol. The van der Waals surface area contributed by atoms with Crippen molar-refractivity contribution in [1.82, 2.24) is 10.3 Å². The van der Waals surface area contributed by atoms with Crippen LogP contribution < -0.4 is 14.8 Å². The van der Waals surface area contributed by atoms with E-state index in [1.54, 1.807) is 30.0 Å². The van der Waals surface area contributed by atoms with E-state index in [0.29, 0.717) is 23.9 Å². The van der Waals surface area contributed by atoms with Crippen molar-refractivity contribution in [2.75, 3.05) is 13.7 Å². The Kier molecular flexibility index (Phi) is 6.29. The summed E-state index contributed by atoms with van der Waals surface area (Å²) in [5, 5.41) is 4.00. The molecule has 0 radical (unpaired) electrons. The van der Waals surface area contributed by atoms with Gasteiger partial charge in [-0.1, -0.05) is 18.5 Å². The molecular weight excluding hydrogens is 308 g/mol. The molecule has 1 heterocycles. The van der Waals surface area contributed by atoms with E-state index in [1.807, 2.05) is 12.3 Å². The highest BCUT2D eigenvalue weighted by Gasteiger charge is 2.13. The molecule has 0 saturated heterocycles. The van der Waals surface area contributed by atoms with Crippen LogP contribution in [0.5, 0.6) is 11.5 Å². The number of hydrogen-bond donors (Lipinski definition) is 1. The van der Waals surface area contributed by atoms with Crippen LogP contribution in [0.4, 0.5) is 0 Å². The highest BCUT2D eigenvalue weighted by Crippen LogP contribution is 2.35. The molecule has 0 aliphatic heterocycles. The van der Waals surface area contributed by atoms with Crippen molar-refractivity contribution in [1.29, 1.82) is 0 Å². The molecule has 0 aliphatic rings. The second-order valence-corrected chi connectivity index (χ2v) is 5.94. The van der Waals surface area contributed by atoms with Crippen LogP contribution >= 0.6 is 22.9 Å². The lowest BCUT2D eigenvalue weighted by atomic mass is 10.1. The summed E-state index contributed by atoms with van der Waals surface area (Å²) in [7, 11) is 1.62. The molecule has 0 amide bonds. The highest BCUT2D eigenvalue weighted by molar-refractivity contribution is 7.09. The number of methoxy groups -OCH3 is 1. The first-order valence-corrected chi connectivity index (χ1v) is 8.07. The first-order chi connectivity index (χ1) is 10.2. The summed E-state index contributed by atoms with van der Waals surface area (Å²) in [4.78, 5) is 5.12. The summed E-state index contributed by atoms with van der Waals surface area (Å²) in [6.45, 7) is 4.25. The van der Waals surface area contributed by atoms with Gasteiger partial charge in [0.2, 0.25) is 0 Å². The lowest BCUT2D eigenvalue weighted by Crippen LogP contribution is -2.15. The maximum Gasteiger partial charge on any atom is 0.166 e. The van der Waals surface area contributed by atoms with Crippen LogP contribution in [-0.4, -0.2) is 18.6 Å². The molecular formula is C15H19ClN2O2S. The maximum absolute atomic E-state index is 6.14. The van der Waals surface area contributed by atoms with Gasteiger partial charge in [0.15, 0.2) is 11.5 Å². The zero-order valence-electron chi connectivity index (χ0n) is 12.2. The Hall–Kier alpha value is -1.30. The van der Waals surface area contributed by atoms with Gasteiger partial charge in [-0.3, -0.25) is 4.98 Å². The van der Waals surface area contributed by atoms with E-state index in [1.165, 1.54) is 0 Å². The molecule has 0 atom stereocenters. The van der Waals surface area contributed by atoms with E-state index >= 15 is 0 Å². The number of benzene rings is 1. The molecule has 0 bridgehead atoms. The number of nitrogens with zero attached hydrogens (tertiary/aromatic N) is 1. The number of aromatic nitrogens is 1.